The third-order valence-corrected chi connectivity index (χ3v) is 2.45. The SMILES string of the molecule is Cc1ccnc(N)c1CCC(C)(C)C. The first kappa shape index (κ1) is 11.0. The molecule has 0 aliphatic carbocycles. The largest absolute Gasteiger partial charge is 0.383 e. The molecule has 0 saturated carbocycles. The first-order chi connectivity index (χ1) is 6.40. The van der Waals surface area contributed by atoms with Gasteiger partial charge >= 0.3 is 0 Å². The minimum atomic E-state index is 0.356. The molecule has 0 unspecified atom stereocenters. The summed E-state index contributed by atoms with van der Waals surface area (Å²) in [5.74, 6) is 0.689. The van der Waals surface area contributed by atoms with E-state index in [0.29, 0.717) is 11.2 Å². The Hall–Kier alpha value is -1.05. The van der Waals surface area contributed by atoms with Crippen LogP contribution in [0, 0.1) is 12.3 Å². The van der Waals surface area contributed by atoms with E-state index in [1.54, 1.807) is 6.20 Å². The normalized spacial score (nSPS) is 11.7. The van der Waals surface area contributed by atoms with Crippen molar-refractivity contribution in [3.63, 3.8) is 0 Å². The molecule has 14 heavy (non-hydrogen) atoms. The quantitative estimate of drug-likeness (QED) is 0.782. The molecule has 2 heteroatoms. The van der Waals surface area contributed by atoms with Crippen LogP contribution in [-0.2, 0) is 6.42 Å². The van der Waals surface area contributed by atoms with Crippen molar-refractivity contribution >= 4 is 5.82 Å². The van der Waals surface area contributed by atoms with E-state index < -0.39 is 0 Å². The predicted octanol–water partition coefficient (Wildman–Crippen LogP) is 2.95. The number of anilines is 1. The number of aryl methyl sites for hydroxylation is 1. The fourth-order valence-electron chi connectivity index (χ4n) is 1.44. The molecular weight excluding hydrogens is 172 g/mol. The number of aromatic nitrogens is 1. The van der Waals surface area contributed by atoms with E-state index >= 15 is 0 Å². The van der Waals surface area contributed by atoms with Crippen molar-refractivity contribution < 1.29 is 0 Å². The highest BCUT2D eigenvalue weighted by molar-refractivity contribution is 5.43. The van der Waals surface area contributed by atoms with Gasteiger partial charge in [-0.25, -0.2) is 4.98 Å². The van der Waals surface area contributed by atoms with Gasteiger partial charge < -0.3 is 5.73 Å². The van der Waals surface area contributed by atoms with Crippen molar-refractivity contribution in [2.24, 2.45) is 5.41 Å². The van der Waals surface area contributed by atoms with Crippen LogP contribution >= 0.6 is 0 Å². The molecule has 0 amide bonds. The van der Waals surface area contributed by atoms with Crippen LogP contribution in [0.4, 0.5) is 5.82 Å². The van der Waals surface area contributed by atoms with Gasteiger partial charge in [0.25, 0.3) is 0 Å². The van der Waals surface area contributed by atoms with E-state index in [1.165, 1.54) is 11.1 Å². The summed E-state index contributed by atoms with van der Waals surface area (Å²) in [7, 11) is 0. The molecule has 0 atom stereocenters. The number of nitrogens with zero attached hydrogens (tertiary/aromatic N) is 1. The second kappa shape index (κ2) is 3.99. The Balaban J connectivity index is 2.77. The minimum absolute atomic E-state index is 0.356. The minimum Gasteiger partial charge on any atom is -0.383 e. The van der Waals surface area contributed by atoms with Crippen LogP contribution < -0.4 is 5.73 Å². The van der Waals surface area contributed by atoms with Crippen molar-refractivity contribution in [2.45, 2.75) is 40.5 Å². The summed E-state index contributed by atoms with van der Waals surface area (Å²) in [4.78, 5) is 4.12. The molecule has 1 heterocycles. The van der Waals surface area contributed by atoms with Gasteiger partial charge in [0, 0.05) is 6.20 Å². The fourth-order valence-corrected chi connectivity index (χ4v) is 1.44. The molecule has 2 N–H and O–H groups in total. The standard InChI is InChI=1S/C12H20N2/c1-9-6-8-14-11(13)10(9)5-7-12(2,3)4/h6,8H,5,7H2,1-4H3,(H2,13,14). The Morgan fingerprint density at radius 2 is 2.00 bits per heavy atom. The maximum atomic E-state index is 5.84. The number of nitrogens with two attached hydrogens (primary N) is 1. The highest BCUT2D eigenvalue weighted by atomic mass is 14.8. The lowest BCUT2D eigenvalue weighted by Gasteiger charge is -2.18. The van der Waals surface area contributed by atoms with Crippen molar-refractivity contribution in [1.82, 2.24) is 4.98 Å². The van der Waals surface area contributed by atoms with Gasteiger partial charge in [0.1, 0.15) is 5.82 Å². The second-order valence-electron chi connectivity index (χ2n) is 5.05. The number of rotatable bonds is 2. The summed E-state index contributed by atoms with van der Waals surface area (Å²) >= 11 is 0. The van der Waals surface area contributed by atoms with Gasteiger partial charge in [-0.05, 0) is 42.4 Å². The molecule has 1 rings (SSSR count). The molecule has 0 saturated heterocycles. The molecule has 0 aliphatic rings. The number of pyridine rings is 1. The van der Waals surface area contributed by atoms with Gasteiger partial charge in [-0.3, -0.25) is 0 Å². The Kier molecular flexibility index (Phi) is 3.14. The van der Waals surface area contributed by atoms with Crippen LogP contribution in [0.3, 0.4) is 0 Å². The van der Waals surface area contributed by atoms with E-state index in [0.717, 1.165) is 12.8 Å². The average molecular weight is 192 g/mol. The maximum Gasteiger partial charge on any atom is 0.126 e. The van der Waals surface area contributed by atoms with Crippen LogP contribution in [0.1, 0.15) is 38.3 Å². The molecule has 1 aromatic heterocycles. The Labute approximate surface area is 86.5 Å². The summed E-state index contributed by atoms with van der Waals surface area (Å²) in [5.41, 5.74) is 8.66. The van der Waals surface area contributed by atoms with Gasteiger partial charge in [0.05, 0.1) is 0 Å². The van der Waals surface area contributed by atoms with E-state index in [1.807, 2.05) is 6.07 Å². The van der Waals surface area contributed by atoms with Gasteiger partial charge in [0.15, 0.2) is 0 Å². The van der Waals surface area contributed by atoms with Crippen LogP contribution in [0.25, 0.3) is 0 Å². The average Bonchev–Trinajstić information content (AvgIpc) is 2.01. The lowest BCUT2D eigenvalue weighted by Crippen LogP contribution is -2.09. The van der Waals surface area contributed by atoms with Gasteiger partial charge in [-0.1, -0.05) is 20.8 Å². The van der Waals surface area contributed by atoms with Crippen LogP contribution in [0.2, 0.25) is 0 Å². The van der Waals surface area contributed by atoms with Crippen LogP contribution in [0.5, 0.6) is 0 Å². The molecule has 0 aromatic carbocycles. The monoisotopic (exact) mass is 192 g/mol. The van der Waals surface area contributed by atoms with E-state index in [2.05, 4.69) is 32.7 Å². The summed E-state index contributed by atoms with van der Waals surface area (Å²) in [6.07, 6.45) is 3.93. The summed E-state index contributed by atoms with van der Waals surface area (Å²) in [6, 6.07) is 2.02. The first-order valence-electron chi connectivity index (χ1n) is 5.10. The zero-order valence-corrected chi connectivity index (χ0v) is 9.59. The lowest BCUT2D eigenvalue weighted by molar-refractivity contribution is 0.378. The topological polar surface area (TPSA) is 38.9 Å². The number of hydrogen-bond donors (Lipinski definition) is 1. The summed E-state index contributed by atoms with van der Waals surface area (Å²) in [6.45, 7) is 8.83. The molecule has 78 valence electrons. The smallest absolute Gasteiger partial charge is 0.126 e. The summed E-state index contributed by atoms with van der Waals surface area (Å²) < 4.78 is 0. The van der Waals surface area contributed by atoms with Gasteiger partial charge in [-0.15, -0.1) is 0 Å². The summed E-state index contributed by atoms with van der Waals surface area (Å²) in [5, 5.41) is 0. The molecule has 0 radical (unpaired) electrons. The van der Waals surface area contributed by atoms with E-state index in [4.69, 9.17) is 5.73 Å². The third-order valence-electron chi connectivity index (χ3n) is 2.45. The highest BCUT2D eigenvalue weighted by Gasteiger charge is 2.12. The second-order valence-corrected chi connectivity index (χ2v) is 5.05. The molecule has 0 fully saturated rings. The molecule has 0 aliphatic heterocycles. The molecule has 0 spiro atoms. The Bertz CT molecular complexity index is 290. The molecule has 2 nitrogen and oxygen atoms in total. The number of hydrogen-bond acceptors (Lipinski definition) is 2. The zero-order valence-electron chi connectivity index (χ0n) is 9.59. The van der Waals surface area contributed by atoms with Gasteiger partial charge in [-0.2, -0.15) is 0 Å². The maximum absolute atomic E-state index is 5.84. The Morgan fingerprint density at radius 3 is 2.50 bits per heavy atom. The van der Waals surface area contributed by atoms with Crippen LogP contribution in [0.15, 0.2) is 12.3 Å². The van der Waals surface area contributed by atoms with Crippen molar-refractivity contribution in [3.05, 3.63) is 23.4 Å². The van der Waals surface area contributed by atoms with Crippen molar-refractivity contribution in [3.8, 4) is 0 Å². The first-order valence-corrected chi connectivity index (χ1v) is 5.10. The Morgan fingerprint density at radius 1 is 1.36 bits per heavy atom. The molecular formula is C12H20N2. The van der Waals surface area contributed by atoms with Crippen molar-refractivity contribution in [2.75, 3.05) is 5.73 Å². The number of nitrogen functional groups attached to an aromatic ring is 1. The van der Waals surface area contributed by atoms with Crippen molar-refractivity contribution in [1.29, 1.82) is 0 Å². The molecule has 1 aromatic rings. The fraction of sp³-hybridized carbons (Fsp3) is 0.583. The zero-order chi connectivity index (χ0) is 10.8. The predicted molar refractivity (Wildman–Crippen MR) is 61.2 cm³/mol. The lowest BCUT2D eigenvalue weighted by atomic mass is 9.88. The highest BCUT2D eigenvalue weighted by Crippen LogP contribution is 2.24. The third kappa shape index (κ3) is 3.02. The van der Waals surface area contributed by atoms with E-state index in [-0.39, 0.29) is 0 Å². The van der Waals surface area contributed by atoms with Gasteiger partial charge in [0.2, 0.25) is 0 Å². The van der Waals surface area contributed by atoms with Crippen LogP contribution in [-0.4, -0.2) is 4.98 Å². The van der Waals surface area contributed by atoms with E-state index in [9.17, 15) is 0 Å². The molecule has 0 bridgehead atoms.